The zero-order valence-electron chi connectivity index (χ0n) is 17.0. The summed E-state index contributed by atoms with van der Waals surface area (Å²) in [5.74, 6) is 0.296. The second-order valence-corrected chi connectivity index (χ2v) is 7.39. The molecule has 2 aromatic heterocycles. The molecule has 0 bridgehead atoms. The van der Waals surface area contributed by atoms with Crippen molar-refractivity contribution in [3.63, 3.8) is 0 Å². The van der Waals surface area contributed by atoms with Crippen LogP contribution in [0.2, 0.25) is 10.0 Å². The molecule has 162 valence electrons. The highest BCUT2D eigenvalue weighted by Gasteiger charge is 2.18. The SMILES string of the molecule is CON=Cc1ccc(Nc2ncc3cc(-c4c(Cl)cccc4Cl)c(=O)n(OC)c3n2)cc1. The van der Waals surface area contributed by atoms with Crippen molar-refractivity contribution < 1.29 is 9.68 Å². The van der Waals surface area contributed by atoms with E-state index in [4.69, 9.17) is 28.0 Å². The molecule has 0 saturated carbocycles. The Kier molecular flexibility index (Phi) is 6.25. The van der Waals surface area contributed by atoms with Gasteiger partial charge in [0.2, 0.25) is 5.95 Å². The van der Waals surface area contributed by atoms with Crippen molar-refractivity contribution in [1.29, 1.82) is 0 Å². The Hall–Kier alpha value is -3.62. The minimum absolute atomic E-state index is 0.285. The molecule has 0 saturated heterocycles. The van der Waals surface area contributed by atoms with Crippen LogP contribution in [0.15, 0.2) is 64.7 Å². The number of oxime groups is 1. The van der Waals surface area contributed by atoms with E-state index < -0.39 is 5.56 Å². The maximum absolute atomic E-state index is 13.1. The summed E-state index contributed by atoms with van der Waals surface area (Å²) in [6.07, 6.45) is 3.18. The van der Waals surface area contributed by atoms with Gasteiger partial charge in [0, 0.05) is 22.8 Å². The molecule has 4 rings (SSSR count). The van der Waals surface area contributed by atoms with Crippen LogP contribution >= 0.6 is 23.2 Å². The first kappa shape index (κ1) is 21.6. The molecule has 32 heavy (non-hydrogen) atoms. The van der Waals surface area contributed by atoms with E-state index in [-0.39, 0.29) is 5.56 Å². The molecule has 10 heteroatoms. The number of rotatable bonds is 6. The molecule has 1 N–H and O–H groups in total. The van der Waals surface area contributed by atoms with Crippen molar-refractivity contribution in [2.24, 2.45) is 5.16 Å². The van der Waals surface area contributed by atoms with Gasteiger partial charge >= 0.3 is 0 Å². The summed E-state index contributed by atoms with van der Waals surface area (Å²) < 4.78 is 1.08. The predicted octanol–water partition coefficient (Wildman–Crippen LogP) is 4.55. The Morgan fingerprint density at radius 1 is 1.09 bits per heavy atom. The van der Waals surface area contributed by atoms with Gasteiger partial charge in [-0.2, -0.15) is 4.98 Å². The number of pyridine rings is 1. The van der Waals surface area contributed by atoms with Crippen LogP contribution in [0.5, 0.6) is 0 Å². The van der Waals surface area contributed by atoms with Crippen molar-refractivity contribution in [3.8, 4) is 11.1 Å². The van der Waals surface area contributed by atoms with Crippen LogP contribution in [0, 0.1) is 0 Å². The lowest BCUT2D eigenvalue weighted by Gasteiger charge is -2.13. The normalized spacial score (nSPS) is 11.1. The molecule has 0 fully saturated rings. The number of nitrogens with one attached hydrogen (secondary N) is 1. The maximum Gasteiger partial charge on any atom is 0.293 e. The summed E-state index contributed by atoms with van der Waals surface area (Å²) in [4.78, 5) is 31.9. The standard InChI is InChI=1S/C22H17Cl2N5O3/c1-31-26-11-13-6-8-15(9-7-13)27-22-25-12-14-10-16(19-17(23)4-3-5-18(19)24)21(30)29(32-2)20(14)28-22/h3-12H,1-2H3,(H,25,27,28). The van der Waals surface area contributed by atoms with Crippen molar-refractivity contribution in [3.05, 3.63) is 80.7 Å². The van der Waals surface area contributed by atoms with Gasteiger partial charge in [0.1, 0.15) is 14.2 Å². The van der Waals surface area contributed by atoms with Gasteiger partial charge in [-0.1, -0.05) is 46.6 Å². The monoisotopic (exact) mass is 469 g/mol. The Balaban J connectivity index is 1.75. The number of fused-ring (bicyclic) bond motifs is 1. The van der Waals surface area contributed by atoms with Gasteiger partial charge in [0.25, 0.3) is 5.56 Å². The first-order chi connectivity index (χ1) is 15.5. The minimum Gasteiger partial charge on any atom is -0.412 e. The molecule has 2 heterocycles. The van der Waals surface area contributed by atoms with E-state index in [0.29, 0.717) is 32.6 Å². The van der Waals surface area contributed by atoms with Crippen molar-refractivity contribution >= 4 is 52.1 Å². The van der Waals surface area contributed by atoms with Gasteiger partial charge in [-0.25, -0.2) is 4.98 Å². The molecule has 0 spiro atoms. The van der Waals surface area contributed by atoms with E-state index in [1.165, 1.54) is 14.2 Å². The van der Waals surface area contributed by atoms with Gasteiger partial charge in [-0.15, -0.1) is 4.73 Å². The lowest BCUT2D eigenvalue weighted by Crippen LogP contribution is -2.27. The quantitative estimate of drug-likeness (QED) is 0.329. The molecule has 0 radical (unpaired) electrons. The molecule has 0 aliphatic carbocycles. The molecule has 8 nitrogen and oxygen atoms in total. The fourth-order valence-electron chi connectivity index (χ4n) is 3.13. The first-order valence-corrected chi connectivity index (χ1v) is 10.1. The zero-order valence-corrected chi connectivity index (χ0v) is 18.6. The average Bonchev–Trinajstić information content (AvgIpc) is 2.79. The highest BCUT2D eigenvalue weighted by molar-refractivity contribution is 6.39. The smallest absolute Gasteiger partial charge is 0.293 e. The summed E-state index contributed by atoms with van der Waals surface area (Å²) in [5, 5.41) is 8.12. The molecular formula is C22H17Cl2N5O3. The highest BCUT2D eigenvalue weighted by Crippen LogP contribution is 2.33. The van der Waals surface area contributed by atoms with Gasteiger partial charge in [-0.05, 0) is 35.9 Å². The highest BCUT2D eigenvalue weighted by atomic mass is 35.5. The fourth-order valence-corrected chi connectivity index (χ4v) is 3.73. The van der Waals surface area contributed by atoms with Gasteiger partial charge < -0.3 is 15.0 Å². The lowest BCUT2D eigenvalue weighted by molar-refractivity contribution is 0.168. The van der Waals surface area contributed by atoms with Crippen LogP contribution < -0.4 is 15.7 Å². The van der Waals surface area contributed by atoms with E-state index in [9.17, 15) is 4.79 Å². The second kappa shape index (κ2) is 9.25. The third-order valence-electron chi connectivity index (χ3n) is 4.59. The van der Waals surface area contributed by atoms with Crippen LogP contribution in [-0.2, 0) is 4.84 Å². The van der Waals surface area contributed by atoms with Gasteiger partial charge in [0.15, 0.2) is 5.65 Å². The number of anilines is 2. The van der Waals surface area contributed by atoms with Crippen LogP contribution in [0.1, 0.15) is 5.56 Å². The first-order valence-electron chi connectivity index (χ1n) is 9.37. The van der Waals surface area contributed by atoms with E-state index in [1.807, 2.05) is 24.3 Å². The summed E-state index contributed by atoms with van der Waals surface area (Å²) in [5.41, 5.74) is 2.19. The maximum atomic E-state index is 13.1. The fraction of sp³-hybridized carbons (Fsp3) is 0.0909. The number of aromatic nitrogens is 3. The number of halogens is 2. The molecule has 4 aromatic rings. The summed E-state index contributed by atoms with van der Waals surface area (Å²) in [7, 11) is 2.86. The topological polar surface area (TPSA) is 90.6 Å². The van der Waals surface area contributed by atoms with E-state index in [2.05, 4.69) is 25.3 Å². The van der Waals surface area contributed by atoms with Crippen LogP contribution in [0.25, 0.3) is 22.2 Å². The summed E-state index contributed by atoms with van der Waals surface area (Å²) in [6, 6.07) is 14.1. The van der Waals surface area contributed by atoms with E-state index in [0.717, 1.165) is 16.0 Å². The second-order valence-electron chi connectivity index (χ2n) is 6.57. The Bertz CT molecular complexity index is 1350. The van der Waals surface area contributed by atoms with Crippen LogP contribution in [0.3, 0.4) is 0 Å². The molecule has 0 aliphatic rings. The predicted molar refractivity (Wildman–Crippen MR) is 126 cm³/mol. The molecule has 0 amide bonds. The lowest BCUT2D eigenvalue weighted by atomic mass is 10.1. The molecular weight excluding hydrogens is 453 g/mol. The van der Waals surface area contributed by atoms with Crippen molar-refractivity contribution in [2.75, 3.05) is 19.5 Å². The Labute approximate surface area is 193 Å². The van der Waals surface area contributed by atoms with Crippen LogP contribution in [-0.4, -0.2) is 35.1 Å². The Morgan fingerprint density at radius 2 is 1.81 bits per heavy atom. The molecule has 0 unspecified atom stereocenters. The van der Waals surface area contributed by atoms with Gasteiger partial charge in [0.05, 0.1) is 21.8 Å². The number of hydrogen-bond acceptors (Lipinski definition) is 7. The third kappa shape index (κ3) is 4.23. The van der Waals surface area contributed by atoms with Crippen molar-refractivity contribution in [1.82, 2.24) is 14.7 Å². The van der Waals surface area contributed by atoms with E-state index >= 15 is 0 Å². The number of hydrogen-bond donors (Lipinski definition) is 1. The molecule has 0 atom stereocenters. The number of nitrogens with zero attached hydrogens (tertiary/aromatic N) is 4. The Morgan fingerprint density at radius 3 is 2.47 bits per heavy atom. The van der Waals surface area contributed by atoms with Crippen LogP contribution in [0.4, 0.5) is 11.6 Å². The van der Waals surface area contributed by atoms with E-state index in [1.54, 1.807) is 36.7 Å². The van der Waals surface area contributed by atoms with Gasteiger partial charge in [-0.3, -0.25) is 4.79 Å². The zero-order chi connectivity index (χ0) is 22.7. The molecule has 0 aliphatic heterocycles. The minimum atomic E-state index is -0.443. The third-order valence-corrected chi connectivity index (χ3v) is 5.22. The van der Waals surface area contributed by atoms with Crippen molar-refractivity contribution in [2.45, 2.75) is 0 Å². The largest absolute Gasteiger partial charge is 0.412 e. The molecule has 2 aromatic carbocycles. The average molecular weight is 470 g/mol. The summed E-state index contributed by atoms with van der Waals surface area (Å²) in [6.45, 7) is 0. The number of benzene rings is 2. The summed E-state index contributed by atoms with van der Waals surface area (Å²) >= 11 is 12.6.